The van der Waals surface area contributed by atoms with Crippen molar-refractivity contribution in [2.45, 2.75) is 5.37 Å². The summed E-state index contributed by atoms with van der Waals surface area (Å²) in [5.41, 5.74) is 1.90. The molecule has 1 aromatic carbocycles. The van der Waals surface area contributed by atoms with Gasteiger partial charge in [0.05, 0.1) is 12.7 Å². The number of rotatable bonds is 3. The van der Waals surface area contributed by atoms with Gasteiger partial charge in [0, 0.05) is 17.7 Å². The minimum Gasteiger partial charge on any atom is -0.497 e. The Morgan fingerprint density at radius 2 is 2.30 bits per heavy atom. The van der Waals surface area contributed by atoms with Crippen LogP contribution in [0.4, 0.5) is 0 Å². The van der Waals surface area contributed by atoms with Crippen LogP contribution in [-0.2, 0) is 0 Å². The lowest BCUT2D eigenvalue weighted by Gasteiger charge is -2.24. The zero-order valence-corrected chi connectivity index (χ0v) is 12.7. The van der Waals surface area contributed by atoms with E-state index < -0.39 is 0 Å². The lowest BCUT2D eigenvalue weighted by molar-refractivity contribution is 0.0760. The monoisotopic (exact) mass is 305 g/mol. The summed E-state index contributed by atoms with van der Waals surface area (Å²) in [5.74, 6) is 1.92. The van der Waals surface area contributed by atoms with Gasteiger partial charge in [-0.15, -0.1) is 11.8 Å². The topological polar surface area (TPSA) is 29.5 Å². The first-order valence-electron chi connectivity index (χ1n) is 6.38. The van der Waals surface area contributed by atoms with Gasteiger partial charge in [0.15, 0.2) is 0 Å². The van der Waals surface area contributed by atoms with Gasteiger partial charge in [-0.25, -0.2) is 0 Å². The molecule has 1 saturated heterocycles. The van der Waals surface area contributed by atoms with E-state index in [4.69, 9.17) is 4.74 Å². The molecule has 1 aliphatic heterocycles. The Bertz CT molecular complexity index is 598. The van der Waals surface area contributed by atoms with E-state index in [0.717, 1.165) is 29.2 Å². The average Bonchev–Trinajstić information content (AvgIpc) is 3.17. The van der Waals surface area contributed by atoms with E-state index in [9.17, 15) is 4.79 Å². The highest BCUT2D eigenvalue weighted by atomic mass is 32.2. The smallest absolute Gasteiger partial charge is 0.255 e. The van der Waals surface area contributed by atoms with Crippen LogP contribution >= 0.6 is 23.1 Å². The quantitative estimate of drug-likeness (QED) is 0.867. The van der Waals surface area contributed by atoms with E-state index in [0.29, 0.717) is 0 Å². The number of thioether (sulfide) groups is 1. The van der Waals surface area contributed by atoms with Gasteiger partial charge < -0.3 is 9.64 Å². The Morgan fingerprint density at radius 3 is 3.05 bits per heavy atom. The number of methoxy groups -OCH3 is 1. The summed E-state index contributed by atoms with van der Waals surface area (Å²) < 4.78 is 5.27. The van der Waals surface area contributed by atoms with Crippen molar-refractivity contribution in [3.8, 4) is 5.75 Å². The van der Waals surface area contributed by atoms with Crippen LogP contribution in [0.5, 0.6) is 5.75 Å². The molecule has 20 heavy (non-hydrogen) atoms. The molecule has 0 saturated carbocycles. The summed E-state index contributed by atoms with van der Waals surface area (Å²) in [5, 5.41) is 3.93. The highest BCUT2D eigenvalue weighted by Gasteiger charge is 2.31. The molecule has 0 aliphatic carbocycles. The molecular weight excluding hydrogens is 290 g/mol. The molecule has 0 N–H and O–H groups in total. The third-order valence-electron chi connectivity index (χ3n) is 3.30. The molecule has 0 spiro atoms. The van der Waals surface area contributed by atoms with Crippen molar-refractivity contribution in [2.24, 2.45) is 0 Å². The van der Waals surface area contributed by atoms with Crippen molar-refractivity contribution in [1.29, 1.82) is 0 Å². The first kappa shape index (κ1) is 13.5. The van der Waals surface area contributed by atoms with Crippen LogP contribution in [-0.4, -0.2) is 30.2 Å². The number of hydrogen-bond donors (Lipinski definition) is 0. The molecule has 1 fully saturated rings. The zero-order valence-electron chi connectivity index (χ0n) is 11.1. The first-order valence-corrected chi connectivity index (χ1v) is 8.37. The molecule has 0 bridgehead atoms. The Balaban J connectivity index is 1.86. The van der Waals surface area contributed by atoms with Crippen LogP contribution in [0.25, 0.3) is 0 Å². The highest BCUT2D eigenvalue weighted by Crippen LogP contribution is 2.39. The number of hydrogen-bond acceptors (Lipinski definition) is 4. The Hall–Kier alpha value is -1.46. The summed E-state index contributed by atoms with van der Waals surface area (Å²) in [4.78, 5) is 14.5. The summed E-state index contributed by atoms with van der Waals surface area (Å²) >= 11 is 3.36. The molecule has 2 aromatic rings. The molecule has 5 heteroatoms. The maximum atomic E-state index is 12.5. The fraction of sp³-hybridized carbons (Fsp3) is 0.267. The molecule has 1 aliphatic rings. The molecule has 104 valence electrons. The van der Waals surface area contributed by atoms with Crippen LogP contribution in [0.3, 0.4) is 0 Å². The Morgan fingerprint density at radius 1 is 1.40 bits per heavy atom. The summed E-state index contributed by atoms with van der Waals surface area (Å²) in [6, 6.07) is 9.85. The predicted octanol–water partition coefficient (Wildman–Crippen LogP) is 3.64. The third-order valence-corrected chi connectivity index (χ3v) is 5.24. The summed E-state index contributed by atoms with van der Waals surface area (Å²) in [6.07, 6.45) is 0. The van der Waals surface area contributed by atoms with Crippen molar-refractivity contribution in [3.63, 3.8) is 0 Å². The molecule has 1 atom stereocenters. The fourth-order valence-electron chi connectivity index (χ4n) is 2.30. The second-order valence-electron chi connectivity index (χ2n) is 4.51. The molecular formula is C15H15NO2S2. The van der Waals surface area contributed by atoms with Crippen molar-refractivity contribution in [2.75, 3.05) is 19.4 Å². The average molecular weight is 305 g/mol. The molecule has 1 aromatic heterocycles. The van der Waals surface area contributed by atoms with Gasteiger partial charge in [0.1, 0.15) is 11.1 Å². The van der Waals surface area contributed by atoms with E-state index in [1.165, 1.54) is 0 Å². The largest absolute Gasteiger partial charge is 0.497 e. The number of nitrogens with zero attached hydrogens (tertiary/aromatic N) is 1. The Kier molecular flexibility index (Phi) is 3.98. The molecule has 0 radical (unpaired) electrons. The summed E-state index contributed by atoms with van der Waals surface area (Å²) in [7, 11) is 1.66. The number of thiophene rings is 1. The predicted molar refractivity (Wildman–Crippen MR) is 83.5 cm³/mol. The summed E-state index contributed by atoms with van der Waals surface area (Å²) in [6.45, 7) is 0.793. The van der Waals surface area contributed by atoms with Gasteiger partial charge in [-0.3, -0.25) is 4.79 Å². The molecule has 3 rings (SSSR count). The van der Waals surface area contributed by atoms with Gasteiger partial charge in [-0.2, -0.15) is 11.3 Å². The second kappa shape index (κ2) is 5.89. The normalized spacial score (nSPS) is 18.2. The molecule has 3 nitrogen and oxygen atoms in total. The van der Waals surface area contributed by atoms with E-state index in [2.05, 4.69) is 6.07 Å². The second-order valence-corrected chi connectivity index (χ2v) is 6.48. The van der Waals surface area contributed by atoms with E-state index in [1.807, 2.05) is 39.9 Å². The SMILES string of the molecule is COc1cccc([C@@H]2SCCN2C(=O)c2ccsc2)c1. The minimum atomic E-state index is 0.0810. The standard InChI is InChI=1S/C15H15NO2S2/c1-18-13-4-2-3-11(9-13)15-16(6-8-20-15)14(17)12-5-7-19-10-12/h2-5,7,9-10,15H,6,8H2,1H3/t15-/m0/s1. The third kappa shape index (κ3) is 2.55. The van der Waals surface area contributed by atoms with Crippen LogP contribution in [0.15, 0.2) is 41.1 Å². The number of carbonyl (C=O) groups excluding carboxylic acids is 1. The number of ether oxygens (including phenoxy) is 1. The van der Waals surface area contributed by atoms with Crippen LogP contribution in [0, 0.1) is 0 Å². The van der Waals surface area contributed by atoms with Crippen molar-refractivity contribution >= 4 is 29.0 Å². The van der Waals surface area contributed by atoms with Gasteiger partial charge in [0.2, 0.25) is 0 Å². The van der Waals surface area contributed by atoms with E-state index in [1.54, 1.807) is 30.2 Å². The van der Waals surface area contributed by atoms with Gasteiger partial charge in [-0.05, 0) is 29.1 Å². The molecule has 1 amide bonds. The van der Waals surface area contributed by atoms with Crippen LogP contribution in [0.1, 0.15) is 21.3 Å². The molecule has 2 heterocycles. The first-order chi connectivity index (χ1) is 9.79. The molecule has 0 unspecified atom stereocenters. The van der Waals surface area contributed by atoms with E-state index >= 15 is 0 Å². The van der Waals surface area contributed by atoms with Crippen LogP contribution < -0.4 is 4.74 Å². The zero-order chi connectivity index (χ0) is 13.9. The maximum Gasteiger partial charge on any atom is 0.255 e. The lowest BCUT2D eigenvalue weighted by atomic mass is 10.2. The number of amides is 1. The maximum absolute atomic E-state index is 12.5. The van der Waals surface area contributed by atoms with E-state index in [-0.39, 0.29) is 11.3 Å². The van der Waals surface area contributed by atoms with Gasteiger partial charge in [-0.1, -0.05) is 12.1 Å². The van der Waals surface area contributed by atoms with Crippen LogP contribution in [0.2, 0.25) is 0 Å². The fourth-order valence-corrected chi connectivity index (χ4v) is 4.18. The van der Waals surface area contributed by atoms with Crippen molar-refractivity contribution in [3.05, 3.63) is 52.2 Å². The lowest BCUT2D eigenvalue weighted by Crippen LogP contribution is -2.30. The number of benzene rings is 1. The highest BCUT2D eigenvalue weighted by molar-refractivity contribution is 7.99. The van der Waals surface area contributed by atoms with Gasteiger partial charge >= 0.3 is 0 Å². The van der Waals surface area contributed by atoms with Crippen molar-refractivity contribution in [1.82, 2.24) is 4.90 Å². The minimum absolute atomic E-state index is 0.0810. The Labute approximate surface area is 126 Å². The van der Waals surface area contributed by atoms with Gasteiger partial charge in [0.25, 0.3) is 5.91 Å². The number of carbonyl (C=O) groups is 1. The van der Waals surface area contributed by atoms with Crippen molar-refractivity contribution < 1.29 is 9.53 Å².